The van der Waals surface area contributed by atoms with Crippen molar-refractivity contribution in [1.29, 1.82) is 0 Å². The zero-order chi connectivity index (χ0) is 14.8. The molecule has 0 saturated carbocycles. The molecule has 3 aliphatic rings. The maximum Gasteiger partial charge on any atom is 0.236 e. The van der Waals surface area contributed by atoms with Gasteiger partial charge >= 0.3 is 0 Å². The number of primary amides is 1. The third-order valence-corrected chi connectivity index (χ3v) is 5.21. The van der Waals surface area contributed by atoms with E-state index >= 15 is 0 Å². The van der Waals surface area contributed by atoms with Gasteiger partial charge in [-0.25, -0.2) is 0 Å². The molecule has 6 nitrogen and oxygen atoms in total. The first-order valence-corrected chi connectivity index (χ1v) is 8.16. The fourth-order valence-electron chi connectivity index (χ4n) is 3.99. The van der Waals surface area contributed by atoms with Gasteiger partial charge in [-0.3, -0.25) is 14.5 Å². The van der Waals surface area contributed by atoms with Gasteiger partial charge in [0.05, 0.1) is 12.5 Å². The first-order valence-electron chi connectivity index (χ1n) is 8.16. The largest absolute Gasteiger partial charge is 0.369 e. The summed E-state index contributed by atoms with van der Waals surface area (Å²) in [5.41, 5.74) is 5.38. The fourth-order valence-corrected chi connectivity index (χ4v) is 3.99. The van der Waals surface area contributed by atoms with Crippen LogP contribution in [-0.4, -0.2) is 66.9 Å². The van der Waals surface area contributed by atoms with Crippen molar-refractivity contribution in [2.75, 3.05) is 39.3 Å². The van der Waals surface area contributed by atoms with E-state index in [2.05, 4.69) is 10.2 Å². The Bertz CT molecular complexity index is 400. The van der Waals surface area contributed by atoms with Gasteiger partial charge in [0.25, 0.3) is 0 Å². The number of hydrogen-bond acceptors (Lipinski definition) is 4. The molecule has 0 aromatic carbocycles. The Morgan fingerprint density at radius 3 is 2.76 bits per heavy atom. The molecule has 3 fully saturated rings. The van der Waals surface area contributed by atoms with Gasteiger partial charge in [0, 0.05) is 32.2 Å². The van der Waals surface area contributed by atoms with Gasteiger partial charge in [0.15, 0.2) is 0 Å². The van der Waals surface area contributed by atoms with Crippen LogP contribution in [0, 0.1) is 11.8 Å². The van der Waals surface area contributed by atoms with Crippen molar-refractivity contribution in [2.45, 2.75) is 31.7 Å². The molecule has 2 amide bonds. The number of nitrogens with two attached hydrogens (primary N) is 1. The Morgan fingerprint density at radius 1 is 1.14 bits per heavy atom. The van der Waals surface area contributed by atoms with E-state index in [0.29, 0.717) is 25.0 Å². The van der Waals surface area contributed by atoms with Crippen molar-refractivity contribution in [3.8, 4) is 0 Å². The van der Waals surface area contributed by atoms with Crippen LogP contribution in [0.4, 0.5) is 0 Å². The Balaban J connectivity index is 1.51. The van der Waals surface area contributed by atoms with Crippen molar-refractivity contribution in [2.24, 2.45) is 17.6 Å². The highest BCUT2D eigenvalue weighted by molar-refractivity contribution is 5.81. The highest BCUT2D eigenvalue weighted by Gasteiger charge is 2.36. The van der Waals surface area contributed by atoms with Gasteiger partial charge in [0.1, 0.15) is 0 Å². The molecule has 3 aliphatic heterocycles. The van der Waals surface area contributed by atoms with Crippen molar-refractivity contribution in [3.05, 3.63) is 0 Å². The predicted octanol–water partition coefficient (Wildman–Crippen LogP) is -0.606. The van der Waals surface area contributed by atoms with E-state index < -0.39 is 0 Å². The standard InChI is InChI=1S/C15H26N4O2/c16-15(21)12-4-2-6-19(8-12)14(20)10-18-7-11-3-1-5-17-13(11)9-18/h11-13,17H,1-10H2,(H2,16,21)/t11-,12?,13+/m0/s1. The maximum atomic E-state index is 12.4. The molecule has 118 valence electrons. The molecule has 0 aromatic rings. The number of carbonyl (C=O) groups is 2. The van der Waals surface area contributed by atoms with Crippen LogP contribution in [0.15, 0.2) is 0 Å². The van der Waals surface area contributed by atoms with E-state index in [1.165, 1.54) is 12.8 Å². The predicted molar refractivity (Wildman–Crippen MR) is 79.5 cm³/mol. The third kappa shape index (κ3) is 3.37. The second kappa shape index (κ2) is 6.32. The average Bonchev–Trinajstić information content (AvgIpc) is 2.89. The summed E-state index contributed by atoms with van der Waals surface area (Å²) in [7, 11) is 0. The number of likely N-dealkylation sites (tertiary alicyclic amines) is 2. The lowest BCUT2D eigenvalue weighted by molar-refractivity contribution is -0.135. The summed E-state index contributed by atoms with van der Waals surface area (Å²) in [4.78, 5) is 27.8. The minimum absolute atomic E-state index is 0.152. The number of rotatable bonds is 3. The van der Waals surface area contributed by atoms with Crippen LogP contribution in [-0.2, 0) is 9.59 Å². The molecular formula is C15H26N4O2. The molecule has 3 N–H and O–H groups in total. The van der Waals surface area contributed by atoms with Gasteiger partial charge in [-0.2, -0.15) is 0 Å². The van der Waals surface area contributed by atoms with E-state index in [0.717, 1.165) is 39.0 Å². The van der Waals surface area contributed by atoms with Gasteiger partial charge < -0.3 is 16.0 Å². The molecule has 0 radical (unpaired) electrons. The summed E-state index contributed by atoms with van der Waals surface area (Å²) in [6.45, 7) is 4.87. The van der Waals surface area contributed by atoms with Crippen LogP contribution in [0.3, 0.4) is 0 Å². The lowest BCUT2D eigenvalue weighted by Crippen LogP contribution is -2.47. The molecule has 21 heavy (non-hydrogen) atoms. The number of nitrogens with one attached hydrogen (secondary N) is 1. The number of carbonyl (C=O) groups excluding carboxylic acids is 2. The van der Waals surface area contributed by atoms with E-state index in [9.17, 15) is 9.59 Å². The molecule has 0 aromatic heterocycles. The summed E-state index contributed by atoms with van der Waals surface area (Å²) < 4.78 is 0. The number of hydrogen-bond donors (Lipinski definition) is 2. The molecule has 6 heteroatoms. The molecule has 3 heterocycles. The summed E-state index contributed by atoms with van der Waals surface area (Å²) in [5.74, 6) is 0.417. The van der Waals surface area contributed by atoms with Crippen LogP contribution in [0.1, 0.15) is 25.7 Å². The van der Waals surface area contributed by atoms with Crippen LogP contribution >= 0.6 is 0 Å². The highest BCUT2D eigenvalue weighted by atomic mass is 16.2. The zero-order valence-corrected chi connectivity index (χ0v) is 12.6. The number of piperidine rings is 2. The summed E-state index contributed by atoms with van der Waals surface area (Å²) in [5, 5.41) is 3.56. The molecule has 0 spiro atoms. The summed E-state index contributed by atoms with van der Waals surface area (Å²) >= 11 is 0. The van der Waals surface area contributed by atoms with Gasteiger partial charge in [-0.15, -0.1) is 0 Å². The van der Waals surface area contributed by atoms with Crippen molar-refractivity contribution in [1.82, 2.24) is 15.1 Å². The molecule has 1 unspecified atom stereocenters. The molecule has 3 atom stereocenters. The molecular weight excluding hydrogens is 268 g/mol. The van der Waals surface area contributed by atoms with Crippen LogP contribution in [0.25, 0.3) is 0 Å². The Kier molecular flexibility index (Phi) is 4.45. The minimum Gasteiger partial charge on any atom is -0.369 e. The van der Waals surface area contributed by atoms with Gasteiger partial charge in [-0.1, -0.05) is 0 Å². The number of fused-ring (bicyclic) bond motifs is 1. The SMILES string of the molecule is NC(=O)C1CCCN(C(=O)CN2C[C@@H]3CCCN[C@@H]3C2)C1. The molecule has 0 bridgehead atoms. The van der Waals surface area contributed by atoms with Crippen LogP contribution in [0.2, 0.25) is 0 Å². The lowest BCUT2D eigenvalue weighted by atomic mass is 9.94. The number of amides is 2. The maximum absolute atomic E-state index is 12.4. The topological polar surface area (TPSA) is 78.7 Å². The van der Waals surface area contributed by atoms with E-state index in [4.69, 9.17) is 5.73 Å². The van der Waals surface area contributed by atoms with Gasteiger partial charge in [0.2, 0.25) is 11.8 Å². The summed E-state index contributed by atoms with van der Waals surface area (Å²) in [6, 6.07) is 0.561. The average molecular weight is 294 g/mol. The first-order chi connectivity index (χ1) is 10.1. The van der Waals surface area contributed by atoms with E-state index in [1.807, 2.05) is 4.90 Å². The monoisotopic (exact) mass is 294 g/mol. The minimum atomic E-state index is -0.274. The van der Waals surface area contributed by atoms with E-state index in [-0.39, 0.29) is 17.7 Å². The molecule has 3 saturated heterocycles. The third-order valence-electron chi connectivity index (χ3n) is 5.21. The lowest BCUT2D eigenvalue weighted by Gasteiger charge is -2.32. The molecule has 0 aliphatic carbocycles. The van der Waals surface area contributed by atoms with Crippen molar-refractivity contribution < 1.29 is 9.59 Å². The van der Waals surface area contributed by atoms with Crippen LogP contribution in [0.5, 0.6) is 0 Å². The fraction of sp³-hybridized carbons (Fsp3) is 0.867. The quantitative estimate of drug-likeness (QED) is 0.728. The highest BCUT2D eigenvalue weighted by Crippen LogP contribution is 2.25. The number of nitrogens with zero attached hydrogens (tertiary/aromatic N) is 2. The summed E-state index contributed by atoms with van der Waals surface area (Å²) in [6.07, 6.45) is 4.22. The Morgan fingerprint density at radius 2 is 2.00 bits per heavy atom. The first kappa shape index (κ1) is 14.8. The second-order valence-electron chi connectivity index (χ2n) is 6.74. The van der Waals surface area contributed by atoms with E-state index in [1.54, 1.807) is 0 Å². The Labute approximate surface area is 126 Å². The van der Waals surface area contributed by atoms with Crippen molar-refractivity contribution in [3.63, 3.8) is 0 Å². The van der Waals surface area contributed by atoms with Gasteiger partial charge in [-0.05, 0) is 38.1 Å². The van der Waals surface area contributed by atoms with Crippen molar-refractivity contribution >= 4 is 11.8 Å². The normalized spacial score (nSPS) is 33.7. The smallest absolute Gasteiger partial charge is 0.236 e. The molecule has 3 rings (SSSR count). The Hall–Kier alpha value is -1.14. The zero-order valence-electron chi connectivity index (χ0n) is 12.6. The second-order valence-corrected chi connectivity index (χ2v) is 6.74. The van der Waals surface area contributed by atoms with Crippen LogP contribution < -0.4 is 11.1 Å².